The van der Waals surface area contributed by atoms with Crippen molar-refractivity contribution < 1.29 is 4.79 Å². The van der Waals surface area contributed by atoms with Gasteiger partial charge in [-0.1, -0.05) is 61.9 Å². The second kappa shape index (κ2) is 9.07. The predicted molar refractivity (Wildman–Crippen MR) is 113 cm³/mol. The van der Waals surface area contributed by atoms with E-state index in [0.717, 1.165) is 32.4 Å². The Morgan fingerprint density at radius 3 is 2.26 bits per heavy atom. The van der Waals surface area contributed by atoms with Crippen molar-refractivity contribution in [2.45, 2.75) is 46.1 Å². The number of amides is 1. The minimum absolute atomic E-state index is 0.105. The van der Waals surface area contributed by atoms with Crippen molar-refractivity contribution in [3.63, 3.8) is 0 Å². The van der Waals surface area contributed by atoms with Gasteiger partial charge in [0.1, 0.15) is 0 Å². The van der Waals surface area contributed by atoms with E-state index in [1.54, 1.807) is 0 Å². The van der Waals surface area contributed by atoms with Gasteiger partial charge in [0.2, 0.25) is 5.91 Å². The summed E-state index contributed by atoms with van der Waals surface area (Å²) < 4.78 is 0. The average Bonchev–Trinajstić information content (AvgIpc) is 2.68. The number of piperidine rings is 1. The normalized spacial score (nSPS) is 16.4. The van der Waals surface area contributed by atoms with E-state index in [9.17, 15) is 4.79 Å². The largest absolute Gasteiger partial charge is 0.371 e. The summed E-state index contributed by atoms with van der Waals surface area (Å²) in [5.41, 5.74) is 3.75. The fourth-order valence-electron chi connectivity index (χ4n) is 3.88. The van der Waals surface area contributed by atoms with Crippen LogP contribution in [0.1, 0.15) is 50.3 Å². The third-order valence-corrected chi connectivity index (χ3v) is 5.49. The Morgan fingerprint density at radius 1 is 1.04 bits per heavy atom. The molecule has 0 spiro atoms. The van der Waals surface area contributed by atoms with Crippen molar-refractivity contribution in [2.75, 3.05) is 18.0 Å². The third kappa shape index (κ3) is 5.35. The van der Waals surface area contributed by atoms with Crippen LogP contribution in [0.4, 0.5) is 5.69 Å². The fourth-order valence-corrected chi connectivity index (χ4v) is 3.88. The first-order valence-electron chi connectivity index (χ1n) is 10.2. The Hall–Kier alpha value is -2.29. The van der Waals surface area contributed by atoms with E-state index in [1.165, 1.54) is 16.8 Å². The maximum Gasteiger partial charge on any atom is 0.223 e. The van der Waals surface area contributed by atoms with Gasteiger partial charge in [0.25, 0.3) is 0 Å². The highest BCUT2D eigenvalue weighted by Crippen LogP contribution is 2.26. The minimum Gasteiger partial charge on any atom is -0.371 e. The zero-order valence-electron chi connectivity index (χ0n) is 16.8. The highest BCUT2D eigenvalue weighted by molar-refractivity contribution is 5.79. The molecule has 0 radical (unpaired) electrons. The van der Waals surface area contributed by atoms with Gasteiger partial charge in [-0.15, -0.1) is 0 Å². The van der Waals surface area contributed by atoms with Crippen LogP contribution < -0.4 is 10.2 Å². The molecule has 1 fully saturated rings. The Morgan fingerprint density at radius 2 is 1.67 bits per heavy atom. The van der Waals surface area contributed by atoms with E-state index < -0.39 is 0 Å². The summed E-state index contributed by atoms with van der Waals surface area (Å²) in [6.07, 6.45) is 2.81. The van der Waals surface area contributed by atoms with E-state index in [-0.39, 0.29) is 17.9 Å². The van der Waals surface area contributed by atoms with Crippen LogP contribution in [-0.2, 0) is 4.79 Å². The standard InChI is InChI=1S/C24H32N2O/c1-18(2)17-23(20-7-5-4-6-8-20)25-24(27)21-13-15-26(16-14-21)22-11-9-19(3)10-12-22/h4-12,18,21,23H,13-17H2,1-3H3,(H,25,27)/t23-/m0/s1. The summed E-state index contributed by atoms with van der Waals surface area (Å²) in [6.45, 7) is 8.42. The molecule has 0 aromatic heterocycles. The quantitative estimate of drug-likeness (QED) is 0.772. The molecule has 1 amide bonds. The molecule has 2 aromatic carbocycles. The second-order valence-corrected chi connectivity index (χ2v) is 8.20. The monoisotopic (exact) mass is 364 g/mol. The molecule has 2 aromatic rings. The molecule has 1 N–H and O–H groups in total. The number of anilines is 1. The lowest BCUT2D eigenvalue weighted by Gasteiger charge is -2.34. The zero-order valence-corrected chi connectivity index (χ0v) is 16.8. The van der Waals surface area contributed by atoms with Crippen molar-refractivity contribution in [3.05, 3.63) is 65.7 Å². The first-order valence-corrected chi connectivity index (χ1v) is 10.2. The molecule has 3 heteroatoms. The number of hydrogen-bond donors (Lipinski definition) is 1. The van der Waals surface area contributed by atoms with Crippen LogP contribution >= 0.6 is 0 Å². The minimum atomic E-state index is 0.105. The van der Waals surface area contributed by atoms with Crippen LogP contribution in [0.15, 0.2) is 54.6 Å². The smallest absolute Gasteiger partial charge is 0.223 e. The highest BCUT2D eigenvalue weighted by Gasteiger charge is 2.27. The molecule has 1 heterocycles. The van der Waals surface area contributed by atoms with E-state index in [4.69, 9.17) is 0 Å². The van der Waals surface area contributed by atoms with Gasteiger partial charge in [-0.05, 0) is 49.8 Å². The number of nitrogens with zero attached hydrogens (tertiary/aromatic N) is 1. The van der Waals surface area contributed by atoms with Crippen molar-refractivity contribution >= 4 is 11.6 Å². The summed E-state index contributed by atoms with van der Waals surface area (Å²) >= 11 is 0. The van der Waals surface area contributed by atoms with Gasteiger partial charge in [0.05, 0.1) is 6.04 Å². The predicted octanol–water partition coefficient (Wildman–Crippen LogP) is 5.12. The fraction of sp³-hybridized carbons (Fsp3) is 0.458. The van der Waals surface area contributed by atoms with Crippen molar-refractivity contribution in [1.82, 2.24) is 5.32 Å². The lowest BCUT2D eigenvalue weighted by atomic mass is 9.92. The number of aryl methyl sites for hydroxylation is 1. The molecule has 0 bridgehead atoms. The van der Waals surface area contributed by atoms with E-state index in [2.05, 4.69) is 79.5 Å². The Balaban J connectivity index is 1.58. The van der Waals surface area contributed by atoms with Gasteiger partial charge in [0.15, 0.2) is 0 Å². The molecule has 27 heavy (non-hydrogen) atoms. The number of benzene rings is 2. The van der Waals surface area contributed by atoms with E-state index >= 15 is 0 Å². The van der Waals surface area contributed by atoms with Gasteiger partial charge >= 0.3 is 0 Å². The van der Waals surface area contributed by atoms with Crippen LogP contribution in [-0.4, -0.2) is 19.0 Å². The van der Waals surface area contributed by atoms with Crippen LogP contribution in [0, 0.1) is 18.8 Å². The number of nitrogens with one attached hydrogen (secondary N) is 1. The Kier molecular flexibility index (Phi) is 6.54. The maximum atomic E-state index is 12.9. The number of rotatable bonds is 6. The Labute approximate surface area is 163 Å². The zero-order chi connectivity index (χ0) is 19.2. The van der Waals surface area contributed by atoms with Crippen LogP contribution in [0.3, 0.4) is 0 Å². The third-order valence-electron chi connectivity index (χ3n) is 5.49. The number of carbonyl (C=O) groups excluding carboxylic acids is 1. The van der Waals surface area contributed by atoms with Crippen LogP contribution in [0.2, 0.25) is 0 Å². The van der Waals surface area contributed by atoms with Gasteiger partial charge < -0.3 is 10.2 Å². The van der Waals surface area contributed by atoms with Crippen molar-refractivity contribution in [1.29, 1.82) is 0 Å². The first kappa shape index (κ1) is 19.5. The molecule has 0 saturated carbocycles. The van der Waals surface area contributed by atoms with Crippen LogP contribution in [0.25, 0.3) is 0 Å². The summed E-state index contributed by atoms with van der Waals surface area (Å²) in [7, 11) is 0. The van der Waals surface area contributed by atoms with Crippen molar-refractivity contribution in [3.8, 4) is 0 Å². The van der Waals surface area contributed by atoms with Gasteiger partial charge in [-0.25, -0.2) is 0 Å². The van der Waals surface area contributed by atoms with E-state index in [0.29, 0.717) is 5.92 Å². The lowest BCUT2D eigenvalue weighted by Crippen LogP contribution is -2.41. The SMILES string of the molecule is Cc1ccc(N2CCC(C(=O)N[C@@H](CC(C)C)c3ccccc3)CC2)cc1. The lowest BCUT2D eigenvalue weighted by molar-refractivity contribution is -0.126. The molecular weight excluding hydrogens is 332 g/mol. The number of hydrogen-bond acceptors (Lipinski definition) is 2. The molecular formula is C24H32N2O. The second-order valence-electron chi connectivity index (χ2n) is 8.20. The summed E-state index contributed by atoms with van der Waals surface area (Å²) in [4.78, 5) is 15.3. The van der Waals surface area contributed by atoms with Crippen LogP contribution in [0.5, 0.6) is 0 Å². The summed E-state index contributed by atoms with van der Waals surface area (Å²) in [5, 5.41) is 3.34. The van der Waals surface area contributed by atoms with Gasteiger partial charge in [0, 0.05) is 24.7 Å². The topological polar surface area (TPSA) is 32.3 Å². The molecule has 3 nitrogen and oxygen atoms in total. The van der Waals surface area contributed by atoms with Gasteiger partial charge in [-0.2, -0.15) is 0 Å². The number of carbonyl (C=O) groups is 1. The molecule has 1 atom stereocenters. The Bertz CT molecular complexity index is 716. The molecule has 0 unspecified atom stereocenters. The average molecular weight is 365 g/mol. The molecule has 1 aliphatic rings. The molecule has 0 aliphatic carbocycles. The molecule has 3 rings (SSSR count). The summed E-state index contributed by atoms with van der Waals surface area (Å²) in [5.74, 6) is 0.872. The molecule has 1 aliphatic heterocycles. The molecule has 144 valence electrons. The van der Waals surface area contributed by atoms with Crippen molar-refractivity contribution in [2.24, 2.45) is 11.8 Å². The molecule has 1 saturated heterocycles. The van der Waals surface area contributed by atoms with E-state index in [1.807, 2.05) is 6.07 Å². The maximum absolute atomic E-state index is 12.9. The van der Waals surface area contributed by atoms with Gasteiger partial charge in [-0.3, -0.25) is 4.79 Å². The highest BCUT2D eigenvalue weighted by atomic mass is 16.1. The first-order chi connectivity index (χ1) is 13.0. The summed E-state index contributed by atoms with van der Waals surface area (Å²) in [6, 6.07) is 19.2.